The molecule has 0 saturated carbocycles. The van der Waals surface area contributed by atoms with Crippen LogP contribution in [0.2, 0.25) is 0 Å². The fraction of sp³-hybridized carbons (Fsp3) is 0.652. The Morgan fingerprint density at radius 1 is 0.929 bits per heavy atom. The minimum atomic E-state index is -0.350. The van der Waals surface area contributed by atoms with Gasteiger partial charge >= 0.3 is 0 Å². The Kier molecular flexibility index (Phi) is 5.61. The van der Waals surface area contributed by atoms with Crippen LogP contribution in [0, 0.1) is 5.41 Å². The fourth-order valence-corrected chi connectivity index (χ4v) is 5.57. The molecule has 2 saturated heterocycles. The molecule has 3 rings (SSSR count). The van der Waals surface area contributed by atoms with Crippen molar-refractivity contribution in [2.24, 2.45) is 5.41 Å². The van der Waals surface area contributed by atoms with E-state index >= 15 is 0 Å². The Hall–Kier alpha value is -1.49. The molecule has 0 radical (unpaired) electrons. The average Bonchev–Trinajstić information content (AvgIpc) is 3.03. The van der Waals surface area contributed by atoms with Crippen LogP contribution in [0.25, 0.3) is 0 Å². The number of amides is 2. The maximum atomic E-state index is 13.3. The summed E-state index contributed by atoms with van der Waals surface area (Å²) in [4.78, 5) is 29.8. The highest BCUT2D eigenvalue weighted by atomic mass is 32.2. The summed E-state index contributed by atoms with van der Waals surface area (Å²) < 4.78 is 0. The van der Waals surface area contributed by atoms with Crippen LogP contribution in [-0.4, -0.2) is 51.9 Å². The summed E-state index contributed by atoms with van der Waals surface area (Å²) in [7, 11) is 0. The van der Waals surface area contributed by atoms with Gasteiger partial charge in [-0.25, -0.2) is 0 Å². The molecule has 154 valence electrons. The zero-order chi connectivity index (χ0) is 20.7. The summed E-state index contributed by atoms with van der Waals surface area (Å²) in [6.07, 6.45) is 1.70. The smallest absolute Gasteiger partial charge is 0.254 e. The molecule has 0 aromatic heterocycles. The topological polar surface area (TPSA) is 40.6 Å². The molecule has 1 aromatic carbocycles. The van der Waals surface area contributed by atoms with Crippen molar-refractivity contribution in [2.75, 3.05) is 25.4 Å². The van der Waals surface area contributed by atoms with E-state index < -0.39 is 0 Å². The molecule has 2 aliphatic rings. The second-order valence-corrected chi connectivity index (χ2v) is 11.6. The van der Waals surface area contributed by atoms with Gasteiger partial charge in [0.2, 0.25) is 5.91 Å². The number of hydrogen-bond donors (Lipinski definition) is 0. The Bertz CT molecular complexity index is 735. The predicted octanol–water partition coefficient (Wildman–Crippen LogP) is 4.54. The van der Waals surface area contributed by atoms with Crippen LogP contribution in [0.1, 0.15) is 70.3 Å². The van der Waals surface area contributed by atoms with E-state index in [4.69, 9.17) is 0 Å². The van der Waals surface area contributed by atoms with E-state index in [-0.39, 0.29) is 27.5 Å². The lowest BCUT2D eigenvalue weighted by Gasteiger charge is -2.45. The van der Waals surface area contributed by atoms with Crippen LogP contribution in [-0.2, 0) is 10.2 Å². The Labute approximate surface area is 174 Å². The number of hydrogen-bond acceptors (Lipinski definition) is 3. The second-order valence-electron chi connectivity index (χ2n) is 10.1. The Balaban J connectivity index is 1.73. The normalized spacial score (nSPS) is 19.9. The zero-order valence-corrected chi connectivity index (χ0v) is 19.0. The third kappa shape index (κ3) is 4.10. The lowest BCUT2D eigenvalue weighted by atomic mass is 9.86. The van der Waals surface area contributed by atoms with Crippen LogP contribution >= 0.6 is 11.8 Å². The third-order valence-electron chi connectivity index (χ3n) is 5.89. The highest BCUT2D eigenvalue weighted by Gasteiger charge is 2.47. The van der Waals surface area contributed by atoms with Gasteiger partial charge in [-0.2, -0.15) is 0 Å². The monoisotopic (exact) mass is 402 g/mol. The van der Waals surface area contributed by atoms with E-state index in [9.17, 15) is 9.59 Å². The summed E-state index contributed by atoms with van der Waals surface area (Å²) in [5.74, 6) is 1.31. The van der Waals surface area contributed by atoms with E-state index in [1.54, 1.807) is 0 Å². The minimum Gasteiger partial charge on any atom is -0.342 e. The van der Waals surface area contributed by atoms with Crippen molar-refractivity contribution in [3.8, 4) is 0 Å². The van der Waals surface area contributed by atoms with Gasteiger partial charge in [-0.3, -0.25) is 9.59 Å². The number of carbonyl (C=O) groups is 2. The molecule has 2 aliphatic heterocycles. The van der Waals surface area contributed by atoms with E-state index in [0.29, 0.717) is 0 Å². The molecule has 0 atom stereocenters. The van der Waals surface area contributed by atoms with Crippen molar-refractivity contribution in [3.05, 3.63) is 35.4 Å². The molecule has 28 heavy (non-hydrogen) atoms. The van der Waals surface area contributed by atoms with Crippen molar-refractivity contribution in [3.63, 3.8) is 0 Å². The molecule has 0 unspecified atom stereocenters. The van der Waals surface area contributed by atoms with Crippen LogP contribution in [0.15, 0.2) is 24.3 Å². The average molecular weight is 403 g/mol. The summed E-state index contributed by atoms with van der Waals surface area (Å²) in [6, 6.07) is 8.09. The number of thioether (sulfide) groups is 1. The van der Waals surface area contributed by atoms with Gasteiger partial charge in [-0.05, 0) is 36.0 Å². The lowest BCUT2D eigenvalue weighted by Crippen LogP contribution is -2.55. The van der Waals surface area contributed by atoms with E-state index in [0.717, 1.165) is 43.8 Å². The van der Waals surface area contributed by atoms with Gasteiger partial charge in [0.15, 0.2) is 0 Å². The number of benzene rings is 1. The number of likely N-dealkylation sites (tertiary alicyclic amines) is 1. The highest BCUT2D eigenvalue weighted by molar-refractivity contribution is 8.00. The lowest BCUT2D eigenvalue weighted by molar-refractivity contribution is -0.141. The maximum Gasteiger partial charge on any atom is 0.254 e. The van der Waals surface area contributed by atoms with E-state index in [1.165, 1.54) is 5.56 Å². The molecule has 0 bridgehead atoms. The summed E-state index contributed by atoms with van der Waals surface area (Å²) >= 11 is 1.89. The van der Waals surface area contributed by atoms with Gasteiger partial charge in [0.1, 0.15) is 0 Å². The number of carbonyl (C=O) groups excluding carboxylic acids is 2. The molecule has 1 spiro atoms. The maximum absolute atomic E-state index is 13.3. The summed E-state index contributed by atoms with van der Waals surface area (Å²) in [5.41, 5.74) is 1.74. The van der Waals surface area contributed by atoms with Gasteiger partial charge in [-0.15, -0.1) is 11.8 Å². The SMILES string of the molecule is CC(C)(C)C(=O)N1CCC2(CC1)SCCN2C(=O)c1ccc(C(C)(C)C)cc1. The minimum absolute atomic E-state index is 0.0821. The molecular weight excluding hydrogens is 368 g/mol. The summed E-state index contributed by atoms with van der Waals surface area (Å²) in [6.45, 7) is 14.7. The molecule has 2 amide bonds. The van der Waals surface area contributed by atoms with Gasteiger partial charge in [-0.1, -0.05) is 53.7 Å². The fourth-order valence-electron chi connectivity index (χ4n) is 4.11. The summed E-state index contributed by atoms with van der Waals surface area (Å²) in [5, 5.41) is 0. The van der Waals surface area contributed by atoms with Crippen molar-refractivity contribution < 1.29 is 9.59 Å². The van der Waals surface area contributed by atoms with Crippen molar-refractivity contribution in [1.29, 1.82) is 0 Å². The van der Waals surface area contributed by atoms with Gasteiger partial charge < -0.3 is 9.80 Å². The van der Waals surface area contributed by atoms with Crippen LogP contribution in [0.3, 0.4) is 0 Å². The van der Waals surface area contributed by atoms with Crippen molar-refractivity contribution >= 4 is 23.6 Å². The van der Waals surface area contributed by atoms with Crippen molar-refractivity contribution in [2.45, 2.75) is 64.7 Å². The van der Waals surface area contributed by atoms with Gasteiger partial charge in [0, 0.05) is 36.4 Å². The molecule has 0 N–H and O–H groups in total. The van der Waals surface area contributed by atoms with Crippen molar-refractivity contribution in [1.82, 2.24) is 9.80 Å². The first-order chi connectivity index (χ1) is 12.9. The largest absolute Gasteiger partial charge is 0.342 e. The molecule has 2 heterocycles. The second kappa shape index (κ2) is 7.40. The number of rotatable bonds is 1. The highest BCUT2D eigenvalue weighted by Crippen LogP contribution is 2.45. The van der Waals surface area contributed by atoms with Crippen LogP contribution in [0.4, 0.5) is 0 Å². The van der Waals surface area contributed by atoms with Crippen LogP contribution in [0.5, 0.6) is 0 Å². The third-order valence-corrected chi connectivity index (χ3v) is 7.45. The molecule has 1 aromatic rings. The van der Waals surface area contributed by atoms with E-state index in [2.05, 4.69) is 37.8 Å². The Morgan fingerprint density at radius 3 is 2.00 bits per heavy atom. The van der Waals surface area contributed by atoms with Crippen LogP contribution < -0.4 is 0 Å². The quantitative estimate of drug-likeness (QED) is 0.692. The van der Waals surface area contributed by atoms with E-state index in [1.807, 2.05) is 49.6 Å². The standard InChI is InChI=1S/C23H34N2O2S/c1-21(2,3)18-9-7-17(8-10-18)19(26)25-15-16-28-23(25)11-13-24(14-12-23)20(27)22(4,5)6/h7-10H,11-16H2,1-6H3. The predicted molar refractivity (Wildman–Crippen MR) is 117 cm³/mol. The number of nitrogens with zero attached hydrogens (tertiary/aromatic N) is 2. The molecule has 2 fully saturated rings. The zero-order valence-electron chi connectivity index (χ0n) is 18.2. The Morgan fingerprint density at radius 2 is 1.50 bits per heavy atom. The number of piperidine rings is 1. The molecule has 4 nitrogen and oxygen atoms in total. The first-order valence-corrected chi connectivity index (χ1v) is 11.3. The molecular formula is C23H34N2O2S. The van der Waals surface area contributed by atoms with Gasteiger partial charge in [0.05, 0.1) is 4.87 Å². The first-order valence-electron chi connectivity index (χ1n) is 10.3. The first kappa shape index (κ1) is 21.2. The molecule has 0 aliphatic carbocycles. The van der Waals surface area contributed by atoms with Gasteiger partial charge in [0.25, 0.3) is 5.91 Å². The molecule has 5 heteroatoms.